The summed E-state index contributed by atoms with van der Waals surface area (Å²) < 4.78 is 5.50. The van der Waals surface area contributed by atoms with Gasteiger partial charge in [-0.1, -0.05) is 34.1 Å². The Morgan fingerprint density at radius 2 is 2.12 bits per heavy atom. The topological polar surface area (TPSA) is 29.5 Å². The molecule has 88 valence electrons. The molecule has 1 aromatic rings. The van der Waals surface area contributed by atoms with Crippen LogP contribution in [-0.2, 0) is 11.3 Å². The van der Waals surface area contributed by atoms with Crippen molar-refractivity contribution in [2.75, 3.05) is 19.0 Å². The van der Waals surface area contributed by atoms with Crippen LogP contribution in [0.3, 0.4) is 0 Å². The van der Waals surface area contributed by atoms with Crippen LogP contribution in [0, 0.1) is 0 Å². The van der Waals surface area contributed by atoms with E-state index in [1.807, 2.05) is 31.2 Å². The zero-order valence-corrected chi connectivity index (χ0v) is 11.2. The van der Waals surface area contributed by atoms with Gasteiger partial charge in [-0.25, -0.2) is 0 Å². The van der Waals surface area contributed by atoms with Gasteiger partial charge in [0.15, 0.2) is 0 Å². The number of carbonyl (C=O) groups excluding carboxylic acids is 1. The van der Waals surface area contributed by atoms with E-state index in [0.717, 1.165) is 11.3 Å². The van der Waals surface area contributed by atoms with Crippen LogP contribution in [0.25, 0.3) is 0 Å². The molecule has 0 fully saturated rings. The summed E-state index contributed by atoms with van der Waals surface area (Å²) >= 11 is 3.16. The van der Waals surface area contributed by atoms with Gasteiger partial charge in [0.05, 0.1) is 11.9 Å². The summed E-state index contributed by atoms with van der Waals surface area (Å²) in [6.07, 6.45) is 0. The lowest BCUT2D eigenvalue weighted by molar-refractivity contribution is -0.127. The van der Waals surface area contributed by atoms with E-state index in [2.05, 4.69) is 15.9 Å². The Labute approximate surface area is 105 Å². The maximum Gasteiger partial charge on any atom is 0.233 e. The first-order valence-electron chi connectivity index (χ1n) is 5.19. The van der Waals surface area contributed by atoms with E-state index in [4.69, 9.17) is 4.74 Å². The highest BCUT2D eigenvalue weighted by atomic mass is 79.9. The summed E-state index contributed by atoms with van der Waals surface area (Å²) in [6.45, 7) is 3.15. The Balaban J connectivity index is 2.75. The first-order chi connectivity index (χ1) is 7.69. The Hall–Kier alpha value is -1.03. The molecule has 0 N–H and O–H groups in total. The highest BCUT2D eigenvalue weighted by Crippen LogP contribution is 2.19. The molecule has 1 aromatic carbocycles. The minimum absolute atomic E-state index is 0.0614. The van der Waals surface area contributed by atoms with Gasteiger partial charge >= 0.3 is 0 Å². The molecule has 0 saturated carbocycles. The molecular weight excluding hydrogens is 270 g/mol. The number of nitrogens with zero attached hydrogens (tertiary/aromatic N) is 1. The number of alkyl halides is 1. The van der Waals surface area contributed by atoms with Gasteiger partial charge < -0.3 is 9.64 Å². The van der Waals surface area contributed by atoms with E-state index in [1.54, 1.807) is 11.9 Å². The van der Waals surface area contributed by atoms with Crippen LogP contribution < -0.4 is 4.74 Å². The fourth-order valence-electron chi connectivity index (χ4n) is 1.38. The zero-order valence-electron chi connectivity index (χ0n) is 9.57. The lowest BCUT2D eigenvalue weighted by Gasteiger charge is -2.18. The standard InChI is InChI=1S/C12H16BrNO2/c1-3-16-11-7-5-4-6-10(11)9-14(2)12(15)8-13/h4-7H,3,8-9H2,1-2H3. The van der Waals surface area contributed by atoms with E-state index in [0.29, 0.717) is 18.5 Å². The van der Waals surface area contributed by atoms with Crippen molar-refractivity contribution in [1.29, 1.82) is 0 Å². The Morgan fingerprint density at radius 1 is 1.44 bits per heavy atom. The van der Waals surface area contributed by atoms with Crippen LogP contribution in [0.1, 0.15) is 12.5 Å². The number of amides is 1. The molecular formula is C12H16BrNO2. The first kappa shape index (κ1) is 13.0. The molecule has 4 heteroatoms. The molecule has 0 aromatic heterocycles. The quantitative estimate of drug-likeness (QED) is 0.778. The molecule has 0 heterocycles. The van der Waals surface area contributed by atoms with E-state index < -0.39 is 0 Å². The largest absolute Gasteiger partial charge is 0.494 e. The van der Waals surface area contributed by atoms with Gasteiger partial charge in [0, 0.05) is 19.2 Å². The normalized spacial score (nSPS) is 9.94. The average Bonchev–Trinajstić information content (AvgIpc) is 2.31. The van der Waals surface area contributed by atoms with Crippen molar-refractivity contribution in [3.05, 3.63) is 29.8 Å². The summed E-state index contributed by atoms with van der Waals surface area (Å²) in [5.41, 5.74) is 1.03. The van der Waals surface area contributed by atoms with Crippen molar-refractivity contribution in [2.45, 2.75) is 13.5 Å². The van der Waals surface area contributed by atoms with Gasteiger partial charge in [0.1, 0.15) is 5.75 Å². The fourth-order valence-corrected chi connectivity index (χ4v) is 1.80. The van der Waals surface area contributed by atoms with Crippen LogP contribution in [0.2, 0.25) is 0 Å². The predicted molar refractivity (Wildman–Crippen MR) is 67.9 cm³/mol. The van der Waals surface area contributed by atoms with E-state index >= 15 is 0 Å². The number of hydrogen-bond acceptors (Lipinski definition) is 2. The summed E-state index contributed by atoms with van der Waals surface area (Å²) in [6, 6.07) is 7.78. The van der Waals surface area contributed by atoms with Crippen molar-refractivity contribution in [2.24, 2.45) is 0 Å². The molecule has 0 saturated heterocycles. The third kappa shape index (κ3) is 3.52. The number of carbonyl (C=O) groups is 1. The second kappa shape index (κ2) is 6.53. The molecule has 0 aliphatic carbocycles. The molecule has 1 rings (SSSR count). The summed E-state index contributed by atoms with van der Waals surface area (Å²) in [7, 11) is 1.78. The van der Waals surface area contributed by atoms with Crippen molar-refractivity contribution in [1.82, 2.24) is 4.90 Å². The smallest absolute Gasteiger partial charge is 0.233 e. The molecule has 0 unspecified atom stereocenters. The highest BCUT2D eigenvalue weighted by molar-refractivity contribution is 9.09. The van der Waals surface area contributed by atoms with Crippen molar-refractivity contribution in [3.8, 4) is 5.75 Å². The highest BCUT2D eigenvalue weighted by Gasteiger charge is 2.10. The molecule has 1 amide bonds. The number of para-hydroxylation sites is 1. The Morgan fingerprint density at radius 3 is 2.75 bits per heavy atom. The van der Waals surface area contributed by atoms with Crippen LogP contribution in [0.15, 0.2) is 24.3 Å². The summed E-state index contributed by atoms with van der Waals surface area (Å²) in [5.74, 6) is 0.908. The maximum atomic E-state index is 11.4. The lowest BCUT2D eigenvalue weighted by atomic mass is 10.2. The van der Waals surface area contributed by atoms with Gasteiger partial charge in [-0.3, -0.25) is 4.79 Å². The minimum Gasteiger partial charge on any atom is -0.494 e. The third-order valence-corrected chi connectivity index (χ3v) is 2.70. The second-order valence-electron chi connectivity index (χ2n) is 3.42. The molecule has 0 aliphatic rings. The molecule has 0 aliphatic heterocycles. The maximum absolute atomic E-state index is 11.4. The monoisotopic (exact) mass is 285 g/mol. The van der Waals surface area contributed by atoms with Gasteiger partial charge in [0.2, 0.25) is 5.91 Å². The van der Waals surface area contributed by atoms with Crippen molar-refractivity contribution >= 4 is 21.8 Å². The molecule has 0 atom stereocenters. The van der Waals surface area contributed by atoms with E-state index in [1.165, 1.54) is 0 Å². The van der Waals surface area contributed by atoms with Gasteiger partial charge in [-0.2, -0.15) is 0 Å². The molecule has 0 bridgehead atoms. The van der Waals surface area contributed by atoms with Crippen molar-refractivity contribution < 1.29 is 9.53 Å². The molecule has 3 nitrogen and oxygen atoms in total. The van der Waals surface area contributed by atoms with Crippen LogP contribution in [0.5, 0.6) is 5.75 Å². The average molecular weight is 286 g/mol. The SMILES string of the molecule is CCOc1ccccc1CN(C)C(=O)CBr. The Kier molecular flexibility index (Phi) is 5.32. The zero-order chi connectivity index (χ0) is 12.0. The van der Waals surface area contributed by atoms with Crippen LogP contribution in [-0.4, -0.2) is 29.8 Å². The van der Waals surface area contributed by atoms with Crippen LogP contribution >= 0.6 is 15.9 Å². The molecule has 0 radical (unpaired) electrons. The number of ether oxygens (including phenoxy) is 1. The van der Waals surface area contributed by atoms with Crippen molar-refractivity contribution in [3.63, 3.8) is 0 Å². The number of halogens is 1. The fraction of sp³-hybridized carbons (Fsp3) is 0.417. The summed E-state index contributed by atoms with van der Waals surface area (Å²) in [5, 5.41) is 0.348. The third-order valence-electron chi connectivity index (χ3n) is 2.22. The number of benzene rings is 1. The van der Waals surface area contributed by atoms with Gasteiger partial charge in [0.25, 0.3) is 0 Å². The number of rotatable bonds is 5. The summed E-state index contributed by atoms with van der Waals surface area (Å²) in [4.78, 5) is 13.1. The molecule has 0 spiro atoms. The van der Waals surface area contributed by atoms with Gasteiger partial charge in [-0.05, 0) is 13.0 Å². The predicted octanol–water partition coefficient (Wildman–Crippen LogP) is 2.44. The first-order valence-corrected chi connectivity index (χ1v) is 6.31. The van der Waals surface area contributed by atoms with Crippen LogP contribution in [0.4, 0.5) is 0 Å². The van der Waals surface area contributed by atoms with E-state index in [-0.39, 0.29) is 5.91 Å². The van der Waals surface area contributed by atoms with Gasteiger partial charge in [-0.15, -0.1) is 0 Å². The lowest BCUT2D eigenvalue weighted by Crippen LogP contribution is -2.27. The second-order valence-corrected chi connectivity index (χ2v) is 3.98. The minimum atomic E-state index is 0.0614. The molecule has 16 heavy (non-hydrogen) atoms. The number of hydrogen-bond donors (Lipinski definition) is 0. The Bertz CT molecular complexity index is 355. The van der Waals surface area contributed by atoms with E-state index in [9.17, 15) is 4.79 Å².